The van der Waals surface area contributed by atoms with Crippen molar-refractivity contribution in [2.45, 2.75) is 6.42 Å². The minimum absolute atomic E-state index is 0.481. The summed E-state index contributed by atoms with van der Waals surface area (Å²) in [6, 6.07) is 9.88. The molecule has 2 nitrogen and oxygen atoms in total. The summed E-state index contributed by atoms with van der Waals surface area (Å²) in [6.45, 7) is 1.85. The van der Waals surface area contributed by atoms with Crippen LogP contribution >= 0.6 is 0 Å². The van der Waals surface area contributed by atoms with E-state index in [-0.39, 0.29) is 0 Å². The van der Waals surface area contributed by atoms with E-state index in [0.29, 0.717) is 19.8 Å². The monoisotopic (exact) mass is 189 g/mol. The third-order valence-electron chi connectivity index (χ3n) is 1.67. The smallest absolute Gasteiger partial charge is 0.108 e. The molecule has 1 aromatic carbocycles. The van der Waals surface area contributed by atoms with Crippen molar-refractivity contribution in [3.63, 3.8) is 0 Å². The first kappa shape index (κ1) is 10.8. The molecule has 2 heteroatoms. The summed E-state index contributed by atoms with van der Waals surface area (Å²) in [4.78, 5) is 0. The van der Waals surface area contributed by atoms with E-state index in [1.807, 2.05) is 30.3 Å². The van der Waals surface area contributed by atoms with Gasteiger partial charge in [-0.2, -0.15) is 0 Å². The fourth-order valence-corrected chi connectivity index (χ4v) is 0.968. The summed E-state index contributed by atoms with van der Waals surface area (Å²) in [5.74, 6) is 5.96. The average Bonchev–Trinajstić information content (AvgIpc) is 2.25. The zero-order valence-electron chi connectivity index (χ0n) is 8.20. The molecule has 14 heavy (non-hydrogen) atoms. The molecule has 0 heterocycles. The zero-order chi connectivity index (χ0) is 10.1. The highest BCUT2D eigenvalue weighted by atomic mass is 16.5. The summed E-state index contributed by atoms with van der Waals surface area (Å²) in [6.07, 6.45) is 0.896. The number of nitrogens with two attached hydrogens (primary N) is 1. The molecule has 0 aliphatic rings. The molecule has 0 amide bonds. The fraction of sp³-hybridized carbons (Fsp3) is 0.333. The SMILES string of the molecule is NCCCOCC#Cc1ccccc1. The Labute approximate surface area is 85.1 Å². The molecule has 1 aromatic rings. The van der Waals surface area contributed by atoms with Gasteiger partial charge in [0, 0.05) is 12.2 Å². The highest BCUT2D eigenvalue weighted by molar-refractivity contribution is 5.33. The van der Waals surface area contributed by atoms with Gasteiger partial charge in [-0.15, -0.1) is 0 Å². The van der Waals surface area contributed by atoms with Crippen molar-refractivity contribution in [3.8, 4) is 11.8 Å². The van der Waals surface area contributed by atoms with E-state index in [4.69, 9.17) is 10.5 Å². The summed E-state index contributed by atoms with van der Waals surface area (Å²) in [7, 11) is 0. The molecule has 0 saturated heterocycles. The molecule has 1 rings (SSSR count). The van der Waals surface area contributed by atoms with Crippen molar-refractivity contribution in [3.05, 3.63) is 35.9 Å². The Morgan fingerprint density at radius 1 is 1.21 bits per heavy atom. The van der Waals surface area contributed by atoms with Crippen LogP contribution < -0.4 is 5.73 Å². The Bertz CT molecular complexity index is 297. The van der Waals surface area contributed by atoms with Gasteiger partial charge in [0.15, 0.2) is 0 Å². The summed E-state index contributed by atoms with van der Waals surface area (Å²) in [5.41, 5.74) is 6.34. The Morgan fingerprint density at radius 2 is 2.00 bits per heavy atom. The van der Waals surface area contributed by atoms with Crippen molar-refractivity contribution in [1.82, 2.24) is 0 Å². The molecule has 0 aromatic heterocycles. The van der Waals surface area contributed by atoms with Gasteiger partial charge in [-0.1, -0.05) is 30.0 Å². The molecule has 0 aliphatic heterocycles. The average molecular weight is 189 g/mol. The lowest BCUT2D eigenvalue weighted by atomic mass is 10.2. The van der Waals surface area contributed by atoms with Crippen LogP contribution in [0.5, 0.6) is 0 Å². The normalized spacial score (nSPS) is 9.21. The van der Waals surface area contributed by atoms with Gasteiger partial charge < -0.3 is 10.5 Å². The predicted molar refractivity (Wildman–Crippen MR) is 57.8 cm³/mol. The minimum Gasteiger partial charge on any atom is -0.369 e. The van der Waals surface area contributed by atoms with Crippen LogP contribution in [0, 0.1) is 11.8 Å². The van der Waals surface area contributed by atoms with Crippen LogP contribution in [0.15, 0.2) is 30.3 Å². The van der Waals surface area contributed by atoms with Crippen molar-refractivity contribution in [2.75, 3.05) is 19.8 Å². The summed E-state index contributed by atoms with van der Waals surface area (Å²) >= 11 is 0. The van der Waals surface area contributed by atoms with Crippen LogP contribution in [-0.2, 0) is 4.74 Å². The van der Waals surface area contributed by atoms with Crippen LogP contribution in [0.2, 0.25) is 0 Å². The van der Waals surface area contributed by atoms with Gasteiger partial charge >= 0.3 is 0 Å². The fourth-order valence-electron chi connectivity index (χ4n) is 0.968. The lowest BCUT2D eigenvalue weighted by molar-refractivity contribution is 0.166. The molecular weight excluding hydrogens is 174 g/mol. The molecule has 0 radical (unpaired) electrons. The number of rotatable bonds is 4. The standard InChI is InChI=1S/C12H15NO/c13-9-5-11-14-10-4-8-12-6-2-1-3-7-12/h1-3,6-7H,5,9-11,13H2. The second-order valence-corrected chi connectivity index (χ2v) is 2.86. The number of hydrogen-bond donors (Lipinski definition) is 1. The van der Waals surface area contributed by atoms with Gasteiger partial charge in [0.2, 0.25) is 0 Å². The highest BCUT2D eigenvalue weighted by Gasteiger charge is 1.83. The lowest BCUT2D eigenvalue weighted by Crippen LogP contribution is -2.04. The van der Waals surface area contributed by atoms with Gasteiger partial charge in [-0.05, 0) is 25.1 Å². The molecular formula is C12H15NO. The Morgan fingerprint density at radius 3 is 2.71 bits per heavy atom. The molecule has 2 N–H and O–H groups in total. The van der Waals surface area contributed by atoms with E-state index in [0.717, 1.165) is 12.0 Å². The summed E-state index contributed by atoms with van der Waals surface area (Å²) < 4.78 is 5.24. The third-order valence-corrected chi connectivity index (χ3v) is 1.67. The number of benzene rings is 1. The minimum atomic E-state index is 0.481. The third kappa shape index (κ3) is 4.66. The van der Waals surface area contributed by atoms with Gasteiger partial charge in [0.1, 0.15) is 6.61 Å². The topological polar surface area (TPSA) is 35.2 Å². The second kappa shape index (κ2) is 7.14. The second-order valence-electron chi connectivity index (χ2n) is 2.86. The van der Waals surface area contributed by atoms with Crippen molar-refractivity contribution in [1.29, 1.82) is 0 Å². The van der Waals surface area contributed by atoms with E-state index in [2.05, 4.69) is 11.8 Å². The Kier molecular flexibility index (Phi) is 5.49. The van der Waals surface area contributed by atoms with Crippen molar-refractivity contribution < 1.29 is 4.74 Å². The van der Waals surface area contributed by atoms with Crippen LogP contribution in [-0.4, -0.2) is 19.8 Å². The Balaban J connectivity index is 2.21. The highest BCUT2D eigenvalue weighted by Crippen LogP contribution is 1.94. The van der Waals surface area contributed by atoms with Crippen LogP contribution in [0.4, 0.5) is 0 Å². The summed E-state index contributed by atoms with van der Waals surface area (Å²) in [5, 5.41) is 0. The number of hydrogen-bond acceptors (Lipinski definition) is 2. The molecule has 0 fully saturated rings. The predicted octanol–water partition coefficient (Wildman–Crippen LogP) is 1.40. The van der Waals surface area contributed by atoms with Gasteiger partial charge in [0.25, 0.3) is 0 Å². The molecule has 0 saturated carbocycles. The van der Waals surface area contributed by atoms with Crippen molar-refractivity contribution >= 4 is 0 Å². The van der Waals surface area contributed by atoms with Crippen molar-refractivity contribution in [2.24, 2.45) is 5.73 Å². The quantitative estimate of drug-likeness (QED) is 0.574. The largest absolute Gasteiger partial charge is 0.369 e. The zero-order valence-corrected chi connectivity index (χ0v) is 8.20. The molecule has 0 atom stereocenters. The molecule has 74 valence electrons. The molecule has 0 unspecified atom stereocenters. The van der Waals surface area contributed by atoms with E-state index < -0.39 is 0 Å². The Hall–Kier alpha value is -1.30. The van der Waals surface area contributed by atoms with Gasteiger partial charge in [0.05, 0.1) is 0 Å². The molecule has 0 aliphatic carbocycles. The maximum absolute atomic E-state index is 5.32. The van der Waals surface area contributed by atoms with Gasteiger partial charge in [-0.25, -0.2) is 0 Å². The number of ether oxygens (including phenoxy) is 1. The van der Waals surface area contributed by atoms with E-state index in [1.165, 1.54) is 0 Å². The van der Waals surface area contributed by atoms with E-state index >= 15 is 0 Å². The van der Waals surface area contributed by atoms with Gasteiger partial charge in [-0.3, -0.25) is 0 Å². The van der Waals surface area contributed by atoms with E-state index in [1.54, 1.807) is 0 Å². The van der Waals surface area contributed by atoms with Crippen LogP contribution in [0.25, 0.3) is 0 Å². The van der Waals surface area contributed by atoms with E-state index in [9.17, 15) is 0 Å². The van der Waals surface area contributed by atoms with Crippen LogP contribution in [0.1, 0.15) is 12.0 Å². The molecule has 0 spiro atoms. The first-order valence-corrected chi connectivity index (χ1v) is 4.75. The maximum Gasteiger partial charge on any atom is 0.108 e. The van der Waals surface area contributed by atoms with Crippen LogP contribution in [0.3, 0.4) is 0 Å². The lowest BCUT2D eigenvalue weighted by Gasteiger charge is -1.95. The first-order valence-electron chi connectivity index (χ1n) is 4.75. The molecule has 0 bridgehead atoms. The maximum atomic E-state index is 5.32. The first-order chi connectivity index (χ1) is 6.93.